The highest BCUT2D eigenvalue weighted by atomic mass is 35.5. The smallest absolute Gasteiger partial charge is 0.142 e. The average Bonchev–Trinajstić information content (AvgIpc) is 2.51. The number of ketones is 1. The largest absolute Gasteiger partial charge is 0.330 e. The molecule has 84 valence electrons. The molecule has 0 aliphatic carbocycles. The maximum atomic E-state index is 11.9. The lowest BCUT2D eigenvalue weighted by molar-refractivity contribution is -0.123. The Kier molecular flexibility index (Phi) is 4.77. The van der Waals surface area contributed by atoms with E-state index in [2.05, 4.69) is 0 Å². The van der Waals surface area contributed by atoms with Crippen molar-refractivity contribution >= 4 is 28.7 Å². The summed E-state index contributed by atoms with van der Waals surface area (Å²) in [6, 6.07) is 3.72. The first-order valence-electron chi connectivity index (χ1n) is 5.01. The van der Waals surface area contributed by atoms with Gasteiger partial charge in [0.25, 0.3) is 0 Å². The third-order valence-corrected chi connectivity index (χ3v) is 3.68. The Morgan fingerprint density at radius 3 is 2.60 bits per heavy atom. The van der Waals surface area contributed by atoms with Crippen LogP contribution in [0.4, 0.5) is 0 Å². The first kappa shape index (κ1) is 12.7. The predicted octanol–water partition coefficient (Wildman–Crippen LogP) is 2.74. The molecule has 1 rings (SSSR count). The number of Topliss-reactive ketones (excluding diaryl/α,β-unsaturated/α-hetero) is 1. The van der Waals surface area contributed by atoms with Gasteiger partial charge in [-0.1, -0.05) is 25.4 Å². The van der Waals surface area contributed by atoms with Crippen LogP contribution in [0.3, 0.4) is 0 Å². The zero-order chi connectivity index (χ0) is 11.4. The second-order valence-corrected chi connectivity index (χ2v) is 5.73. The Hall–Kier alpha value is -0.380. The minimum absolute atomic E-state index is 0.0362. The van der Waals surface area contributed by atoms with E-state index in [1.54, 1.807) is 0 Å². The fraction of sp³-hybridized carbons (Fsp3) is 0.545. The fourth-order valence-corrected chi connectivity index (χ4v) is 2.62. The van der Waals surface area contributed by atoms with Gasteiger partial charge in [-0.15, -0.1) is 11.3 Å². The number of halogens is 1. The SMILES string of the molecule is CC(C)C(CN)C(=O)Cc1ccc(Cl)s1. The van der Waals surface area contributed by atoms with Gasteiger partial charge in [0.1, 0.15) is 5.78 Å². The summed E-state index contributed by atoms with van der Waals surface area (Å²) < 4.78 is 0.728. The summed E-state index contributed by atoms with van der Waals surface area (Å²) in [6.45, 7) is 4.48. The molecule has 1 atom stereocenters. The fourth-order valence-electron chi connectivity index (χ4n) is 1.52. The van der Waals surface area contributed by atoms with Crippen LogP contribution in [0.5, 0.6) is 0 Å². The lowest BCUT2D eigenvalue weighted by Gasteiger charge is -2.16. The molecule has 0 aliphatic heterocycles. The molecule has 4 heteroatoms. The maximum Gasteiger partial charge on any atom is 0.142 e. The van der Waals surface area contributed by atoms with Gasteiger partial charge in [0.2, 0.25) is 0 Å². The molecule has 0 spiro atoms. The van der Waals surface area contributed by atoms with Crippen molar-refractivity contribution in [1.29, 1.82) is 0 Å². The van der Waals surface area contributed by atoms with E-state index >= 15 is 0 Å². The highest BCUT2D eigenvalue weighted by Gasteiger charge is 2.20. The first-order chi connectivity index (χ1) is 7.04. The molecule has 1 heterocycles. The Morgan fingerprint density at radius 1 is 1.53 bits per heavy atom. The van der Waals surface area contributed by atoms with Crippen LogP contribution < -0.4 is 5.73 Å². The number of rotatable bonds is 5. The molecular weight excluding hydrogens is 230 g/mol. The maximum absolute atomic E-state index is 11.9. The first-order valence-corrected chi connectivity index (χ1v) is 6.21. The lowest BCUT2D eigenvalue weighted by atomic mass is 9.90. The van der Waals surface area contributed by atoms with Gasteiger partial charge in [-0.3, -0.25) is 4.79 Å². The van der Waals surface area contributed by atoms with E-state index in [4.69, 9.17) is 17.3 Å². The van der Waals surface area contributed by atoms with Crippen molar-refractivity contribution in [3.05, 3.63) is 21.3 Å². The van der Waals surface area contributed by atoms with E-state index in [1.165, 1.54) is 11.3 Å². The van der Waals surface area contributed by atoms with Gasteiger partial charge >= 0.3 is 0 Å². The molecule has 0 amide bonds. The summed E-state index contributed by atoms with van der Waals surface area (Å²) in [6.07, 6.45) is 0.456. The van der Waals surface area contributed by atoms with Crippen molar-refractivity contribution < 1.29 is 4.79 Å². The van der Waals surface area contributed by atoms with Gasteiger partial charge < -0.3 is 5.73 Å². The Morgan fingerprint density at radius 2 is 2.20 bits per heavy atom. The molecule has 2 N–H and O–H groups in total. The van der Waals surface area contributed by atoms with Crippen LogP contribution in [0, 0.1) is 11.8 Å². The van der Waals surface area contributed by atoms with Crippen LogP contribution in [0.2, 0.25) is 4.34 Å². The molecule has 0 radical (unpaired) electrons. The van der Waals surface area contributed by atoms with Crippen molar-refractivity contribution in [3.8, 4) is 0 Å². The van der Waals surface area contributed by atoms with Gasteiger partial charge in [0, 0.05) is 23.8 Å². The third kappa shape index (κ3) is 3.59. The number of hydrogen-bond donors (Lipinski definition) is 1. The highest BCUT2D eigenvalue weighted by molar-refractivity contribution is 7.16. The summed E-state index contributed by atoms with van der Waals surface area (Å²) in [5.74, 6) is 0.481. The topological polar surface area (TPSA) is 43.1 Å². The van der Waals surface area contributed by atoms with Crippen LogP contribution in [-0.2, 0) is 11.2 Å². The minimum atomic E-state index is -0.0362. The summed E-state index contributed by atoms with van der Waals surface area (Å²) in [5.41, 5.74) is 5.59. The number of carbonyl (C=O) groups is 1. The Labute approximate surface area is 99.4 Å². The Balaban J connectivity index is 2.62. The van der Waals surface area contributed by atoms with E-state index < -0.39 is 0 Å². The number of nitrogens with two attached hydrogens (primary N) is 1. The summed E-state index contributed by atoms with van der Waals surface area (Å²) >= 11 is 7.26. The van der Waals surface area contributed by atoms with E-state index in [1.807, 2.05) is 26.0 Å². The predicted molar refractivity (Wildman–Crippen MR) is 65.4 cm³/mol. The summed E-state index contributed by atoms with van der Waals surface area (Å²) in [7, 11) is 0. The van der Waals surface area contributed by atoms with E-state index in [0.29, 0.717) is 18.9 Å². The molecular formula is C11H16ClNOS. The van der Waals surface area contributed by atoms with Crippen molar-refractivity contribution in [2.24, 2.45) is 17.6 Å². The standard InChI is InChI=1S/C11H16ClNOS/c1-7(2)9(6-13)10(14)5-8-3-4-11(12)15-8/h3-4,7,9H,5-6,13H2,1-2H3. The Bertz CT molecular complexity index is 335. The molecule has 0 aliphatic rings. The monoisotopic (exact) mass is 245 g/mol. The summed E-state index contributed by atoms with van der Waals surface area (Å²) in [5, 5.41) is 0. The van der Waals surface area contributed by atoms with Crippen molar-refractivity contribution in [2.45, 2.75) is 20.3 Å². The van der Waals surface area contributed by atoms with Crippen molar-refractivity contribution in [2.75, 3.05) is 6.54 Å². The van der Waals surface area contributed by atoms with Gasteiger partial charge in [0.15, 0.2) is 0 Å². The van der Waals surface area contributed by atoms with E-state index in [0.717, 1.165) is 9.21 Å². The van der Waals surface area contributed by atoms with Gasteiger partial charge in [0.05, 0.1) is 4.34 Å². The van der Waals surface area contributed by atoms with Crippen LogP contribution >= 0.6 is 22.9 Å². The molecule has 1 aromatic heterocycles. The minimum Gasteiger partial charge on any atom is -0.330 e. The van der Waals surface area contributed by atoms with Gasteiger partial charge in [-0.05, 0) is 18.1 Å². The molecule has 1 aromatic rings. The average molecular weight is 246 g/mol. The molecule has 15 heavy (non-hydrogen) atoms. The molecule has 1 unspecified atom stereocenters. The third-order valence-electron chi connectivity index (χ3n) is 2.45. The van der Waals surface area contributed by atoms with Crippen LogP contribution in [0.1, 0.15) is 18.7 Å². The van der Waals surface area contributed by atoms with Crippen molar-refractivity contribution in [1.82, 2.24) is 0 Å². The zero-order valence-corrected chi connectivity index (χ0v) is 10.6. The van der Waals surface area contributed by atoms with E-state index in [-0.39, 0.29) is 11.7 Å². The van der Waals surface area contributed by atoms with Gasteiger partial charge in [-0.25, -0.2) is 0 Å². The molecule has 0 bridgehead atoms. The van der Waals surface area contributed by atoms with Crippen LogP contribution in [0.25, 0.3) is 0 Å². The molecule has 0 saturated carbocycles. The number of hydrogen-bond acceptors (Lipinski definition) is 3. The summed E-state index contributed by atoms with van der Waals surface area (Å²) in [4.78, 5) is 12.9. The second-order valence-electron chi connectivity index (χ2n) is 3.94. The molecule has 0 fully saturated rings. The molecule has 0 aromatic carbocycles. The second kappa shape index (κ2) is 5.64. The molecule has 2 nitrogen and oxygen atoms in total. The lowest BCUT2D eigenvalue weighted by Crippen LogP contribution is -2.29. The van der Waals surface area contributed by atoms with Crippen molar-refractivity contribution in [3.63, 3.8) is 0 Å². The van der Waals surface area contributed by atoms with Gasteiger partial charge in [-0.2, -0.15) is 0 Å². The normalized spacial score (nSPS) is 13.1. The number of thiophene rings is 1. The van der Waals surface area contributed by atoms with Crippen LogP contribution in [-0.4, -0.2) is 12.3 Å². The zero-order valence-electron chi connectivity index (χ0n) is 9.00. The number of carbonyl (C=O) groups excluding carboxylic acids is 1. The quantitative estimate of drug-likeness (QED) is 0.867. The molecule has 0 saturated heterocycles. The highest BCUT2D eigenvalue weighted by Crippen LogP contribution is 2.23. The van der Waals surface area contributed by atoms with Crippen LogP contribution in [0.15, 0.2) is 12.1 Å². The van der Waals surface area contributed by atoms with E-state index in [9.17, 15) is 4.79 Å².